The van der Waals surface area contributed by atoms with Crippen LogP contribution in [-0.2, 0) is 9.53 Å². The highest BCUT2D eigenvalue weighted by molar-refractivity contribution is 7.07. The van der Waals surface area contributed by atoms with Crippen LogP contribution in [0.15, 0.2) is 76.2 Å². The molecular weight excluding hydrogens is 495 g/mol. The molecule has 0 fully saturated rings. The lowest BCUT2D eigenvalue weighted by Gasteiger charge is -2.24. The number of hydrogen-bond donors (Lipinski definition) is 0. The van der Waals surface area contributed by atoms with Crippen LogP contribution in [-0.4, -0.2) is 24.3 Å². The molecule has 1 aliphatic rings. The van der Waals surface area contributed by atoms with Crippen molar-refractivity contribution in [1.82, 2.24) is 4.57 Å². The van der Waals surface area contributed by atoms with Gasteiger partial charge >= 0.3 is 5.97 Å². The summed E-state index contributed by atoms with van der Waals surface area (Å²) in [4.78, 5) is 31.6. The van der Waals surface area contributed by atoms with E-state index in [1.165, 1.54) is 22.0 Å². The first-order valence-corrected chi connectivity index (χ1v) is 11.8. The number of methoxy groups -OCH3 is 1. The van der Waals surface area contributed by atoms with Crippen LogP contribution in [0.25, 0.3) is 6.08 Å². The van der Waals surface area contributed by atoms with Crippen LogP contribution in [0.5, 0.6) is 5.75 Å². The second-order valence-electron chi connectivity index (χ2n) is 7.41. The number of fused-ring (bicyclic) bond motifs is 1. The summed E-state index contributed by atoms with van der Waals surface area (Å²) in [6.07, 6.45) is 3.18. The fourth-order valence-electron chi connectivity index (χ4n) is 3.66. The summed E-state index contributed by atoms with van der Waals surface area (Å²) in [6.45, 7) is 5.37. The Balaban J connectivity index is 1.93. The average molecular weight is 515 g/mol. The summed E-state index contributed by atoms with van der Waals surface area (Å²) >= 11 is 13.5. The molecule has 0 saturated heterocycles. The lowest BCUT2D eigenvalue weighted by molar-refractivity contribution is -0.138. The first-order valence-electron chi connectivity index (χ1n) is 10.2. The van der Waals surface area contributed by atoms with Crippen molar-refractivity contribution in [2.24, 2.45) is 4.99 Å². The molecule has 0 aliphatic carbocycles. The van der Waals surface area contributed by atoms with Crippen molar-refractivity contribution < 1.29 is 14.3 Å². The Hall–Kier alpha value is -3.13. The largest absolute Gasteiger partial charge is 0.497 e. The molecule has 2 heterocycles. The Morgan fingerprint density at radius 1 is 1.24 bits per heavy atom. The highest BCUT2D eigenvalue weighted by atomic mass is 35.5. The van der Waals surface area contributed by atoms with Gasteiger partial charge in [0.25, 0.3) is 5.56 Å². The van der Waals surface area contributed by atoms with Crippen molar-refractivity contribution in [2.75, 3.05) is 13.7 Å². The Bertz CT molecular complexity index is 1490. The minimum atomic E-state index is -0.720. The Morgan fingerprint density at radius 3 is 2.62 bits per heavy atom. The van der Waals surface area contributed by atoms with Crippen molar-refractivity contribution in [2.45, 2.75) is 13.0 Å². The molecule has 0 bridgehead atoms. The van der Waals surface area contributed by atoms with Gasteiger partial charge < -0.3 is 9.47 Å². The molecule has 1 aliphatic heterocycles. The van der Waals surface area contributed by atoms with Gasteiger partial charge in [0.1, 0.15) is 12.4 Å². The van der Waals surface area contributed by atoms with E-state index in [4.69, 9.17) is 32.7 Å². The third kappa shape index (κ3) is 4.59. The molecule has 34 heavy (non-hydrogen) atoms. The van der Waals surface area contributed by atoms with Gasteiger partial charge in [-0.15, -0.1) is 0 Å². The quantitative estimate of drug-likeness (QED) is 0.363. The maximum Gasteiger partial charge on any atom is 0.338 e. The van der Waals surface area contributed by atoms with Gasteiger partial charge in [-0.1, -0.05) is 65.4 Å². The fraction of sp³-hybridized carbons (Fsp3) is 0.160. The van der Waals surface area contributed by atoms with E-state index >= 15 is 0 Å². The summed E-state index contributed by atoms with van der Waals surface area (Å²) in [5, 5.41) is 0.927. The molecule has 9 heteroatoms. The van der Waals surface area contributed by atoms with Crippen LogP contribution >= 0.6 is 34.5 Å². The van der Waals surface area contributed by atoms with Crippen LogP contribution < -0.4 is 19.6 Å². The predicted molar refractivity (Wildman–Crippen MR) is 134 cm³/mol. The van der Waals surface area contributed by atoms with Gasteiger partial charge in [-0.25, -0.2) is 9.79 Å². The third-order valence-electron chi connectivity index (χ3n) is 5.25. The van der Waals surface area contributed by atoms with Gasteiger partial charge in [0.2, 0.25) is 0 Å². The summed E-state index contributed by atoms with van der Waals surface area (Å²) < 4.78 is 12.5. The predicted octanol–water partition coefficient (Wildman–Crippen LogP) is 4.28. The number of halogens is 2. The van der Waals surface area contributed by atoms with Crippen LogP contribution in [0.3, 0.4) is 0 Å². The summed E-state index contributed by atoms with van der Waals surface area (Å²) in [6, 6.07) is 11.5. The molecule has 1 unspecified atom stereocenters. The van der Waals surface area contributed by atoms with Crippen molar-refractivity contribution in [1.29, 1.82) is 0 Å². The normalized spacial score (nSPS) is 15.5. The number of rotatable bonds is 6. The number of benzene rings is 2. The second kappa shape index (κ2) is 10.0. The molecule has 1 aromatic heterocycles. The highest BCUT2D eigenvalue weighted by Gasteiger charge is 2.33. The van der Waals surface area contributed by atoms with Crippen molar-refractivity contribution in [3.05, 3.63) is 107 Å². The Labute approximate surface area is 209 Å². The standard InChI is InChI=1S/C25H20Cl2N2O4S/c1-4-11-33-24(31)21-14(2)28-25-29(22(21)15-6-9-18(32-3)10-7-15)23(30)20(34-25)12-16-5-8-17(26)13-19(16)27/h4-10,12-13,22H,1,11H2,2-3H3. The molecule has 0 saturated carbocycles. The van der Waals surface area contributed by atoms with Gasteiger partial charge in [-0.05, 0) is 48.4 Å². The van der Waals surface area contributed by atoms with Crippen molar-refractivity contribution in [3.8, 4) is 5.75 Å². The van der Waals surface area contributed by atoms with Crippen molar-refractivity contribution in [3.63, 3.8) is 0 Å². The zero-order chi connectivity index (χ0) is 24.4. The minimum Gasteiger partial charge on any atom is -0.497 e. The number of aromatic nitrogens is 1. The van der Waals surface area contributed by atoms with Crippen LogP contribution in [0.4, 0.5) is 0 Å². The van der Waals surface area contributed by atoms with Crippen molar-refractivity contribution >= 4 is 46.6 Å². The third-order valence-corrected chi connectivity index (χ3v) is 6.80. The number of esters is 1. The van der Waals surface area contributed by atoms with E-state index in [2.05, 4.69) is 11.6 Å². The molecule has 4 rings (SSSR count). The number of allylic oxidation sites excluding steroid dienone is 1. The van der Waals surface area contributed by atoms with E-state index < -0.39 is 12.0 Å². The number of carbonyl (C=O) groups is 1. The van der Waals surface area contributed by atoms with E-state index in [9.17, 15) is 9.59 Å². The Morgan fingerprint density at radius 2 is 1.97 bits per heavy atom. The molecule has 2 aromatic carbocycles. The highest BCUT2D eigenvalue weighted by Crippen LogP contribution is 2.31. The van der Waals surface area contributed by atoms with E-state index in [1.54, 1.807) is 50.4 Å². The molecule has 0 radical (unpaired) electrons. The SMILES string of the molecule is C=CCOC(=O)C1=C(C)N=c2sc(=Cc3ccc(Cl)cc3Cl)c(=O)n2C1c1ccc(OC)cc1. The second-order valence-corrected chi connectivity index (χ2v) is 9.26. The number of nitrogens with zero attached hydrogens (tertiary/aromatic N) is 2. The molecule has 174 valence electrons. The van der Waals surface area contributed by atoms with Crippen LogP contribution in [0.1, 0.15) is 24.1 Å². The average Bonchev–Trinajstić information content (AvgIpc) is 3.13. The molecule has 6 nitrogen and oxygen atoms in total. The zero-order valence-electron chi connectivity index (χ0n) is 18.4. The molecule has 0 amide bonds. The molecule has 1 atom stereocenters. The first kappa shape index (κ1) is 24.0. The fourth-order valence-corrected chi connectivity index (χ4v) is 5.16. The number of ether oxygens (including phenoxy) is 2. The van der Waals surface area contributed by atoms with Gasteiger partial charge in [-0.2, -0.15) is 0 Å². The maximum absolute atomic E-state index is 13.6. The summed E-state index contributed by atoms with van der Waals surface area (Å²) in [5.41, 5.74) is 1.84. The van der Waals surface area contributed by atoms with E-state index in [0.717, 1.165) is 5.56 Å². The summed E-state index contributed by atoms with van der Waals surface area (Å²) in [7, 11) is 1.57. The lowest BCUT2D eigenvalue weighted by atomic mass is 9.96. The minimum absolute atomic E-state index is 0.0461. The number of hydrogen-bond acceptors (Lipinski definition) is 6. The van der Waals surface area contributed by atoms with Gasteiger partial charge in [0.05, 0.1) is 29.0 Å². The van der Waals surface area contributed by atoms with E-state index in [0.29, 0.717) is 36.4 Å². The van der Waals surface area contributed by atoms with Gasteiger partial charge in [-0.3, -0.25) is 9.36 Å². The molecular formula is C25H20Cl2N2O4S. The van der Waals surface area contributed by atoms with Crippen LogP contribution in [0, 0.1) is 0 Å². The smallest absolute Gasteiger partial charge is 0.338 e. The van der Waals surface area contributed by atoms with Gasteiger partial charge in [0.15, 0.2) is 4.80 Å². The van der Waals surface area contributed by atoms with E-state index in [-0.39, 0.29) is 17.7 Å². The maximum atomic E-state index is 13.6. The zero-order valence-corrected chi connectivity index (χ0v) is 20.7. The molecule has 3 aromatic rings. The summed E-state index contributed by atoms with van der Waals surface area (Å²) in [5.74, 6) is 0.0991. The first-order chi connectivity index (χ1) is 16.3. The number of thiazole rings is 1. The lowest BCUT2D eigenvalue weighted by Crippen LogP contribution is -2.39. The monoisotopic (exact) mass is 514 g/mol. The molecule has 0 N–H and O–H groups in total. The Kier molecular flexibility index (Phi) is 7.07. The molecule has 0 spiro atoms. The van der Waals surface area contributed by atoms with Gasteiger partial charge in [0, 0.05) is 10.0 Å². The number of carbonyl (C=O) groups excluding carboxylic acids is 1. The topological polar surface area (TPSA) is 69.9 Å². The van der Waals surface area contributed by atoms with Crippen LogP contribution in [0.2, 0.25) is 10.0 Å². The van der Waals surface area contributed by atoms with E-state index in [1.807, 2.05) is 12.1 Å².